The summed E-state index contributed by atoms with van der Waals surface area (Å²) in [5, 5.41) is 25.4. The maximum absolute atomic E-state index is 6.25. The van der Waals surface area contributed by atoms with Crippen LogP contribution in [0.15, 0.2) is 128 Å². The van der Waals surface area contributed by atoms with Crippen molar-refractivity contribution in [1.82, 2.24) is 60.5 Å². The predicted molar refractivity (Wildman–Crippen MR) is 334 cm³/mol. The van der Waals surface area contributed by atoms with Crippen LogP contribution in [0.1, 0.15) is 220 Å². The average Bonchev–Trinajstić information content (AvgIpc) is 2.00. The molecule has 6 aromatic heterocycles. The second-order valence-electron chi connectivity index (χ2n) is 26.1. The molecule has 7 heterocycles. The van der Waals surface area contributed by atoms with Gasteiger partial charge in [0, 0.05) is 81.9 Å². The number of hydrogen-bond acceptors (Lipinski definition) is 17. The van der Waals surface area contributed by atoms with Gasteiger partial charge in [0.25, 0.3) is 0 Å². The van der Waals surface area contributed by atoms with Crippen LogP contribution in [-0.2, 0) is 28.6 Å². The molecule has 9 aromatic rings. The second kappa shape index (κ2) is 22.2. The highest BCUT2D eigenvalue weighted by Gasteiger charge is 2.53. The second-order valence-corrected chi connectivity index (χ2v) is 26.9. The Hall–Kier alpha value is -8.00. The summed E-state index contributed by atoms with van der Waals surface area (Å²) in [5.74, 6) is 7.45. The maximum Gasteiger partial charge on any atom is 0.495 e. The van der Waals surface area contributed by atoms with Gasteiger partial charge in [0.2, 0.25) is 35.3 Å². The van der Waals surface area contributed by atoms with Crippen molar-refractivity contribution < 1.29 is 22.6 Å². The van der Waals surface area contributed by atoms with Crippen molar-refractivity contribution in [3.8, 4) is 34.4 Å². The van der Waals surface area contributed by atoms with Gasteiger partial charge in [-0.3, -0.25) is 15.0 Å². The molecule has 0 bridgehead atoms. The molecule has 10 aliphatic rings. The van der Waals surface area contributed by atoms with E-state index in [1.165, 1.54) is 77.5 Å². The van der Waals surface area contributed by atoms with Crippen LogP contribution in [0.2, 0.25) is 0 Å². The van der Waals surface area contributed by atoms with Crippen molar-refractivity contribution in [1.29, 1.82) is 0 Å². The normalized spacial score (nSPS) is 19.9. The van der Waals surface area contributed by atoms with Gasteiger partial charge in [-0.05, 0) is 215 Å². The summed E-state index contributed by atoms with van der Waals surface area (Å²) in [7, 11) is -0.346. The van der Waals surface area contributed by atoms with Gasteiger partial charge in [-0.1, -0.05) is 36.4 Å². The molecule has 1 aliphatic heterocycles. The fraction of sp³-hybridized carbons (Fsp3) is 0.391. The quantitative estimate of drug-likeness (QED) is 0.104. The third-order valence-electron chi connectivity index (χ3n) is 18.6. The Kier molecular flexibility index (Phi) is 14.0. The van der Waals surface area contributed by atoms with Crippen molar-refractivity contribution in [3.05, 3.63) is 194 Å². The van der Waals surface area contributed by atoms with Gasteiger partial charge in [-0.15, -0.1) is 30.6 Å². The number of halogens is 1. The fourth-order valence-electron chi connectivity index (χ4n) is 11.7. The standard InChI is InChI=1S/2C21H18N4O.C20H23BN2O3.C7H7BrN2/c2*1-6-15(21-25-24-20(26-21)14-4-5-14)9-17-12(1)7-8-16(17)19-11-22-10-18(23-19)13-2-3-13;1-19(2)20(3,4)26-21(25-19)16-10-9-12-5-8-14(11-15(12)16)18-23-22-17(24-18)13-6-7-13;8-7-4-9-3-6(10-7)5-1-2-5/h2*1,6,8-11,13-14H,2-5,7H2;5,8,10-11,13H,6-7,9H2,1-4H3;3-5H,1-2H2. The molecule has 442 valence electrons. The van der Waals surface area contributed by atoms with E-state index in [9.17, 15) is 0 Å². The third-order valence-corrected chi connectivity index (χ3v) is 19.0. The highest BCUT2D eigenvalue weighted by molar-refractivity contribution is 9.10. The number of benzene rings is 3. The lowest BCUT2D eigenvalue weighted by atomic mass is 9.75. The van der Waals surface area contributed by atoms with E-state index in [0.29, 0.717) is 53.2 Å². The Morgan fingerprint density at radius 2 is 0.773 bits per heavy atom. The van der Waals surface area contributed by atoms with Crippen molar-refractivity contribution in [3.63, 3.8) is 0 Å². The average molecular weight is 1230 g/mol. The van der Waals surface area contributed by atoms with Crippen LogP contribution in [-0.4, -0.2) is 78.8 Å². The van der Waals surface area contributed by atoms with Gasteiger partial charge in [-0.2, -0.15) is 0 Å². The van der Waals surface area contributed by atoms with E-state index in [1.54, 1.807) is 6.20 Å². The van der Waals surface area contributed by atoms with Crippen molar-refractivity contribution in [2.75, 3.05) is 0 Å². The predicted octanol–water partition coefficient (Wildman–Crippen LogP) is 14.8. The minimum absolute atomic E-state index is 0.343. The van der Waals surface area contributed by atoms with Gasteiger partial charge in [0.15, 0.2) is 0 Å². The van der Waals surface area contributed by atoms with Crippen molar-refractivity contribution >= 4 is 39.7 Å². The van der Waals surface area contributed by atoms with Crippen LogP contribution in [0.4, 0.5) is 0 Å². The van der Waals surface area contributed by atoms with Crippen LogP contribution in [0.25, 0.3) is 51.0 Å². The molecule has 0 radical (unpaired) electrons. The summed E-state index contributed by atoms with van der Waals surface area (Å²) in [6.45, 7) is 8.32. The molecule has 0 amide bonds. The Bertz CT molecular complexity index is 4090. The first kappa shape index (κ1) is 55.3. The minimum atomic E-state index is -0.346. The molecule has 7 fully saturated rings. The number of rotatable bonds is 12. The van der Waals surface area contributed by atoms with Gasteiger partial charge < -0.3 is 22.6 Å². The first-order valence-corrected chi connectivity index (χ1v) is 32.2. The molecule has 9 aliphatic carbocycles. The number of aromatic nitrogens is 12. The molecule has 0 unspecified atom stereocenters. The monoisotopic (exact) mass is 1230 g/mol. The molecule has 19 heteroatoms. The summed E-state index contributed by atoms with van der Waals surface area (Å²) in [6.07, 6.45) is 35.0. The lowest BCUT2D eigenvalue weighted by Crippen LogP contribution is -2.41. The van der Waals surface area contributed by atoms with Gasteiger partial charge in [0.05, 0.1) is 58.3 Å². The highest BCUT2D eigenvalue weighted by atomic mass is 79.9. The zero-order valence-electron chi connectivity index (χ0n) is 49.8. The van der Waals surface area contributed by atoms with Crippen LogP contribution in [0.3, 0.4) is 0 Å². The molecule has 88 heavy (non-hydrogen) atoms. The topological polar surface area (TPSA) is 213 Å². The Labute approximate surface area is 519 Å². The summed E-state index contributed by atoms with van der Waals surface area (Å²) < 4.78 is 31.0. The van der Waals surface area contributed by atoms with Crippen LogP contribution in [0.5, 0.6) is 0 Å². The van der Waals surface area contributed by atoms with E-state index in [0.717, 1.165) is 136 Å². The maximum atomic E-state index is 6.25. The van der Waals surface area contributed by atoms with Crippen LogP contribution >= 0.6 is 15.9 Å². The van der Waals surface area contributed by atoms with Crippen molar-refractivity contribution in [2.45, 2.75) is 171 Å². The minimum Gasteiger partial charge on any atom is -0.420 e. The number of nitrogens with zero attached hydrogens (tertiary/aromatic N) is 12. The summed E-state index contributed by atoms with van der Waals surface area (Å²) in [6, 6.07) is 19.1. The largest absolute Gasteiger partial charge is 0.495 e. The molecule has 0 N–H and O–H groups in total. The zero-order chi connectivity index (χ0) is 59.3. The lowest BCUT2D eigenvalue weighted by Gasteiger charge is -2.32. The molecule has 0 spiro atoms. The van der Waals surface area contributed by atoms with Gasteiger partial charge in [0.1, 0.15) is 4.60 Å². The Morgan fingerprint density at radius 3 is 1.17 bits per heavy atom. The molecule has 19 rings (SSSR count). The number of hydrogen-bond donors (Lipinski definition) is 0. The van der Waals surface area contributed by atoms with Crippen LogP contribution in [0, 0.1) is 0 Å². The van der Waals surface area contributed by atoms with E-state index in [-0.39, 0.29) is 18.3 Å². The highest BCUT2D eigenvalue weighted by Crippen LogP contribution is 2.47. The van der Waals surface area contributed by atoms with Gasteiger partial charge in [-0.25, -0.2) is 15.0 Å². The van der Waals surface area contributed by atoms with E-state index in [1.807, 2.05) is 31.0 Å². The molecule has 3 aromatic carbocycles. The van der Waals surface area contributed by atoms with E-state index in [4.69, 9.17) is 32.5 Å². The Balaban J connectivity index is 0.0000000984. The van der Waals surface area contributed by atoms with Crippen LogP contribution < -0.4 is 0 Å². The Morgan fingerprint density at radius 1 is 0.409 bits per heavy atom. The fourth-order valence-corrected chi connectivity index (χ4v) is 12.1. The molecule has 17 nitrogen and oxygen atoms in total. The molecular formula is C69H66BBrN12O5. The third kappa shape index (κ3) is 11.6. The molecule has 6 saturated carbocycles. The first-order valence-electron chi connectivity index (χ1n) is 31.4. The lowest BCUT2D eigenvalue weighted by molar-refractivity contribution is 0.00578. The van der Waals surface area contributed by atoms with Crippen molar-refractivity contribution in [2.24, 2.45) is 0 Å². The van der Waals surface area contributed by atoms with E-state index < -0.39 is 0 Å². The number of fused-ring (bicyclic) bond motifs is 3. The van der Waals surface area contributed by atoms with E-state index >= 15 is 0 Å². The number of allylic oxidation sites excluding steroid dienone is 3. The smallest absolute Gasteiger partial charge is 0.420 e. The SMILES string of the molecule is Brc1cncc(C2CC2)n1.C1=C(c2cncc(C3CC3)n2)c2cc(-c3nnc(C4CC4)o3)ccc2C1.C1=C(c2cncc(C3CC3)n2)c2cc(-c3nnc(C4CC4)o3)ccc2C1.CC1(C)OB(C2=CCc3ccc(-c4nnc(C5CC5)o4)cc32)OC1(C)C. The summed E-state index contributed by atoms with van der Waals surface area (Å²) in [4.78, 5) is 26.9. The molecular weight excluding hydrogens is 1170 g/mol. The van der Waals surface area contributed by atoms with E-state index in [2.05, 4.69) is 167 Å². The molecule has 1 saturated heterocycles. The summed E-state index contributed by atoms with van der Waals surface area (Å²) >= 11 is 3.28. The first-order chi connectivity index (χ1) is 42.9. The summed E-state index contributed by atoms with van der Waals surface area (Å²) in [5.41, 5.74) is 18.4. The van der Waals surface area contributed by atoms with Gasteiger partial charge >= 0.3 is 7.12 Å². The molecule has 0 atom stereocenters. The zero-order valence-corrected chi connectivity index (χ0v) is 51.4.